The molecule has 0 spiro atoms. The molecule has 1 fully saturated rings. The van der Waals surface area contributed by atoms with Crippen LogP contribution in [0.4, 0.5) is 0 Å². The van der Waals surface area contributed by atoms with Crippen molar-refractivity contribution in [3.63, 3.8) is 0 Å². The fourth-order valence-corrected chi connectivity index (χ4v) is 3.25. The van der Waals surface area contributed by atoms with E-state index in [2.05, 4.69) is 15.2 Å². The number of fused-ring (bicyclic) bond motifs is 1. The van der Waals surface area contributed by atoms with Crippen LogP contribution in [0.25, 0.3) is 10.9 Å². The summed E-state index contributed by atoms with van der Waals surface area (Å²) in [6.07, 6.45) is 1.76. The molecule has 2 atom stereocenters. The van der Waals surface area contributed by atoms with Crippen LogP contribution < -0.4 is 10.9 Å². The summed E-state index contributed by atoms with van der Waals surface area (Å²) in [7, 11) is 2.01. The van der Waals surface area contributed by atoms with Crippen LogP contribution in [0.3, 0.4) is 0 Å². The maximum atomic E-state index is 12.4. The fourth-order valence-electron chi connectivity index (χ4n) is 3.25. The van der Waals surface area contributed by atoms with Crippen LogP contribution in [0.1, 0.15) is 13.3 Å². The molecular weight excluding hydrogens is 320 g/mol. The molecule has 2 aromatic rings. The second-order valence-corrected chi connectivity index (χ2v) is 6.40. The minimum absolute atomic E-state index is 0.0103. The predicted molar refractivity (Wildman–Crippen MR) is 95.5 cm³/mol. The van der Waals surface area contributed by atoms with Gasteiger partial charge in [0.05, 0.1) is 29.4 Å². The van der Waals surface area contributed by atoms with Gasteiger partial charge in [-0.05, 0) is 26.1 Å². The smallest absolute Gasteiger partial charge is 0.261 e. The van der Waals surface area contributed by atoms with Gasteiger partial charge in [0.1, 0.15) is 0 Å². The van der Waals surface area contributed by atoms with Crippen LogP contribution in [-0.2, 0) is 16.1 Å². The zero-order valence-corrected chi connectivity index (χ0v) is 14.6. The molecule has 25 heavy (non-hydrogen) atoms. The van der Waals surface area contributed by atoms with Gasteiger partial charge in [-0.3, -0.25) is 14.2 Å². The summed E-state index contributed by atoms with van der Waals surface area (Å²) in [5.41, 5.74) is 0.549. The van der Waals surface area contributed by atoms with E-state index in [1.54, 1.807) is 12.1 Å². The van der Waals surface area contributed by atoms with Crippen molar-refractivity contribution in [2.75, 3.05) is 26.7 Å². The predicted octanol–water partition coefficient (Wildman–Crippen LogP) is 0.622. The normalized spacial score (nSPS) is 20.9. The van der Waals surface area contributed by atoms with E-state index in [-0.39, 0.29) is 30.0 Å². The van der Waals surface area contributed by atoms with E-state index >= 15 is 0 Å². The fraction of sp³-hybridized carbons (Fsp3) is 0.500. The van der Waals surface area contributed by atoms with Crippen molar-refractivity contribution in [2.45, 2.75) is 32.0 Å². The van der Waals surface area contributed by atoms with E-state index < -0.39 is 0 Å². The highest BCUT2D eigenvalue weighted by molar-refractivity contribution is 5.77. The number of aromatic nitrogens is 2. The molecule has 0 bridgehead atoms. The van der Waals surface area contributed by atoms with E-state index in [0.717, 1.165) is 13.1 Å². The van der Waals surface area contributed by atoms with Gasteiger partial charge in [-0.1, -0.05) is 12.1 Å². The minimum atomic E-state index is -0.119. The van der Waals surface area contributed by atoms with Crippen LogP contribution in [0, 0.1) is 0 Å². The number of benzene rings is 1. The van der Waals surface area contributed by atoms with Crippen LogP contribution in [-0.4, -0.2) is 59.2 Å². The first-order valence-electron chi connectivity index (χ1n) is 8.62. The summed E-state index contributed by atoms with van der Waals surface area (Å²) in [6, 6.07) is 7.21. The third kappa shape index (κ3) is 4.05. The Morgan fingerprint density at radius 1 is 1.36 bits per heavy atom. The van der Waals surface area contributed by atoms with Crippen molar-refractivity contribution in [2.24, 2.45) is 0 Å². The molecule has 7 nitrogen and oxygen atoms in total. The first kappa shape index (κ1) is 17.6. The number of carbonyl (C=O) groups is 1. The number of likely N-dealkylation sites (N-methyl/N-ethyl adjacent to an activating group) is 1. The number of rotatable bonds is 6. The van der Waals surface area contributed by atoms with Crippen molar-refractivity contribution in [3.05, 3.63) is 40.9 Å². The second-order valence-electron chi connectivity index (χ2n) is 6.40. The number of amides is 1. The molecule has 7 heteroatoms. The molecule has 0 radical (unpaired) electrons. The second kappa shape index (κ2) is 7.76. The van der Waals surface area contributed by atoms with Gasteiger partial charge < -0.3 is 15.0 Å². The summed E-state index contributed by atoms with van der Waals surface area (Å²) in [4.78, 5) is 31.1. The lowest BCUT2D eigenvalue weighted by Gasteiger charge is -2.19. The largest absolute Gasteiger partial charge is 0.375 e. The summed E-state index contributed by atoms with van der Waals surface area (Å²) in [5, 5.41) is 3.60. The average Bonchev–Trinajstić information content (AvgIpc) is 2.94. The standard InChI is InChI=1S/C18H24N4O3/c1-3-25-16-11-21(2)10-15(16)20-17(23)8-9-22-12-19-14-7-5-4-6-13(14)18(22)24/h4-7,12,15-16H,3,8-11H2,1-2H3,(H,20,23)/t15-,16-/m0/s1. The van der Waals surface area contributed by atoms with Crippen LogP contribution in [0.15, 0.2) is 35.4 Å². The lowest BCUT2D eigenvalue weighted by atomic mass is 10.2. The number of ether oxygens (including phenoxy) is 1. The maximum absolute atomic E-state index is 12.4. The quantitative estimate of drug-likeness (QED) is 0.831. The zero-order valence-electron chi connectivity index (χ0n) is 14.6. The first-order chi connectivity index (χ1) is 12.1. The number of likely N-dealkylation sites (tertiary alicyclic amines) is 1. The lowest BCUT2D eigenvalue weighted by molar-refractivity contribution is -0.122. The molecule has 2 heterocycles. The third-order valence-electron chi connectivity index (χ3n) is 4.49. The Hall–Kier alpha value is -2.25. The van der Waals surface area contributed by atoms with E-state index in [1.807, 2.05) is 26.1 Å². The molecule has 1 aromatic carbocycles. The van der Waals surface area contributed by atoms with Crippen LogP contribution in [0.2, 0.25) is 0 Å². The molecule has 1 N–H and O–H groups in total. The Kier molecular flexibility index (Phi) is 5.45. The highest BCUT2D eigenvalue weighted by atomic mass is 16.5. The van der Waals surface area contributed by atoms with E-state index in [1.165, 1.54) is 10.9 Å². The third-order valence-corrected chi connectivity index (χ3v) is 4.49. The van der Waals surface area contributed by atoms with Gasteiger partial charge in [-0.15, -0.1) is 0 Å². The Labute approximate surface area is 146 Å². The Morgan fingerprint density at radius 3 is 2.96 bits per heavy atom. The number of carbonyl (C=O) groups excluding carboxylic acids is 1. The summed E-state index contributed by atoms with van der Waals surface area (Å²) in [6.45, 7) is 4.48. The Balaban J connectivity index is 1.61. The van der Waals surface area contributed by atoms with Crippen molar-refractivity contribution in [1.29, 1.82) is 0 Å². The SMILES string of the molecule is CCO[C@H]1CN(C)C[C@@H]1NC(=O)CCn1cnc2ccccc2c1=O. The van der Waals surface area contributed by atoms with E-state index in [9.17, 15) is 9.59 Å². The van der Waals surface area contributed by atoms with E-state index in [0.29, 0.717) is 24.1 Å². The molecule has 0 aliphatic carbocycles. The Morgan fingerprint density at radius 2 is 2.16 bits per heavy atom. The topological polar surface area (TPSA) is 76.5 Å². The van der Waals surface area contributed by atoms with Crippen molar-refractivity contribution < 1.29 is 9.53 Å². The summed E-state index contributed by atoms with van der Waals surface area (Å²) >= 11 is 0. The Bertz CT molecular complexity index is 804. The van der Waals surface area contributed by atoms with Crippen LogP contribution >= 0.6 is 0 Å². The summed E-state index contributed by atoms with van der Waals surface area (Å²) in [5.74, 6) is -0.0786. The molecule has 1 saturated heterocycles. The van der Waals surface area contributed by atoms with E-state index in [4.69, 9.17) is 4.74 Å². The molecular formula is C18H24N4O3. The highest BCUT2D eigenvalue weighted by Crippen LogP contribution is 2.12. The van der Waals surface area contributed by atoms with Crippen LogP contribution in [0.5, 0.6) is 0 Å². The molecule has 0 saturated carbocycles. The average molecular weight is 344 g/mol. The first-order valence-corrected chi connectivity index (χ1v) is 8.62. The van der Waals surface area contributed by atoms with Gasteiger partial charge in [0, 0.05) is 32.7 Å². The lowest BCUT2D eigenvalue weighted by Crippen LogP contribution is -2.44. The number of aryl methyl sites for hydroxylation is 1. The number of para-hydroxylation sites is 1. The number of hydrogen-bond acceptors (Lipinski definition) is 5. The van der Waals surface area contributed by atoms with Crippen molar-refractivity contribution in [3.8, 4) is 0 Å². The highest BCUT2D eigenvalue weighted by Gasteiger charge is 2.32. The molecule has 1 aliphatic heterocycles. The van der Waals surface area contributed by atoms with Gasteiger partial charge in [0.2, 0.25) is 5.91 Å². The molecule has 1 amide bonds. The number of hydrogen-bond donors (Lipinski definition) is 1. The molecule has 0 unspecified atom stereocenters. The number of nitrogens with zero attached hydrogens (tertiary/aromatic N) is 3. The number of nitrogens with one attached hydrogen (secondary N) is 1. The van der Waals surface area contributed by atoms with Gasteiger partial charge in [-0.25, -0.2) is 4.98 Å². The molecule has 1 aliphatic rings. The molecule has 3 rings (SSSR count). The summed E-state index contributed by atoms with van der Waals surface area (Å²) < 4.78 is 7.18. The zero-order chi connectivity index (χ0) is 17.8. The van der Waals surface area contributed by atoms with Gasteiger partial charge >= 0.3 is 0 Å². The monoisotopic (exact) mass is 344 g/mol. The van der Waals surface area contributed by atoms with Crippen molar-refractivity contribution >= 4 is 16.8 Å². The maximum Gasteiger partial charge on any atom is 0.261 e. The minimum Gasteiger partial charge on any atom is -0.375 e. The van der Waals surface area contributed by atoms with Gasteiger partial charge in [-0.2, -0.15) is 0 Å². The van der Waals surface area contributed by atoms with Gasteiger partial charge in [0.15, 0.2) is 0 Å². The van der Waals surface area contributed by atoms with Crippen molar-refractivity contribution in [1.82, 2.24) is 19.8 Å². The van der Waals surface area contributed by atoms with Gasteiger partial charge in [0.25, 0.3) is 5.56 Å². The molecule has 134 valence electrons. The molecule has 1 aromatic heterocycles.